The third-order valence-corrected chi connectivity index (χ3v) is 6.35. The molecule has 0 unspecified atom stereocenters. The molecule has 6 nitrogen and oxygen atoms in total. The Bertz CT molecular complexity index is 1120. The molecule has 0 saturated carbocycles. The Labute approximate surface area is 179 Å². The van der Waals surface area contributed by atoms with Crippen molar-refractivity contribution in [3.05, 3.63) is 82.6 Å². The number of amides is 1. The molecule has 1 heterocycles. The summed E-state index contributed by atoms with van der Waals surface area (Å²) in [6, 6.07) is 14.1. The maximum Gasteiger partial charge on any atom is 0.264 e. The zero-order chi connectivity index (χ0) is 21.0. The predicted octanol–water partition coefficient (Wildman–Crippen LogP) is 4.53. The molecule has 0 atom stereocenters. The minimum atomic E-state index is -4.08. The van der Waals surface area contributed by atoms with E-state index in [0.717, 1.165) is 9.87 Å². The van der Waals surface area contributed by atoms with Gasteiger partial charge in [0.2, 0.25) is 5.91 Å². The summed E-state index contributed by atoms with van der Waals surface area (Å²) in [5.41, 5.74) is 1.47. The highest BCUT2D eigenvalue weighted by atomic mass is 35.5. The minimum Gasteiger partial charge on any atom is -0.323 e. The van der Waals surface area contributed by atoms with Crippen molar-refractivity contribution in [2.45, 2.75) is 11.8 Å². The third-order valence-electron chi connectivity index (χ3n) is 4.02. The Balaban J connectivity index is 2.01. The average Bonchev–Trinajstić information content (AvgIpc) is 2.69. The van der Waals surface area contributed by atoms with Gasteiger partial charge in [0.05, 0.1) is 27.5 Å². The fraction of sp³-hybridized carbons (Fsp3) is 0.100. The Morgan fingerprint density at radius 1 is 1.10 bits per heavy atom. The van der Waals surface area contributed by atoms with E-state index in [9.17, 15) is 13.2 Å². The molecule has 0 aliphatic carbocycles. The van der Waals surface area contributed by atoms with Gasteiger partial charge < -0.3 is 5.32 Å². The minimum absolute atomic E-state index is 0.0355. The van der Waals surface area contributed by atoms with Crippen LogP contribution in [0.25, 0.3) is 0 Å². The molecule has 0 bridgehead atoms. The fourth-order valence-electron chi connectivity index (χ4n) is 2.58. The zero-order valence-corrected chi connectivity index (χ0v) is 17.7. The van der Waals surface area contributed by atoms with Gasteiger partial charge in [-0.1, -0.05) is 40.9 Å². The number of halogens is 2. The van der Waals surface area contributed by atoms with E-state index in [2.05, 4.69) is 10.3 Å². The summed E-state index contributed by atoms with van der Waals surface area (Å²) in [5.74, 6) is -0.551. The lowest BCUT2D eigenvalue weighted by molar-refractivity contribution is -0.114. The van der Waals surface area contributed by atoms with Gasteiger partial charge in [0.25, 0.3) is 10.0 Å². The first-order chi connectivity index (χ1) is 13.8. The highest BCUT2D eigenvalue weighted by molar-refractivity contribution is 7.92. The summed E-state index contributed by atoms with van der Waals surface area (Å²) in [7, 11) is -4.08. The van der Waals surface area contributed by atoms with Gasteiger partial charge in [-0.05, 0) is 49.4 Å². The van der Waals surface area contributed by atoms with Gasteiger partial charge in [0.1, 0.15) is 6.54 Å². The summed E-state index contributed by atoms with van der Waals surface area (Å²) in [6.45, 7) is 1.36. The number of rotatable bonds is 6. The largest absolute Gasteiger partial charge is 0.323 e. The van der Waals surface area contributed by atoms with Crippen LogP contribution in [0.4, 0.5) is 11.4 Å². The molecule has 29 heavy (non-hydrogen) atoms. The Morgan fingerprint density at radius 3 is 2.48 bits per heavy atom. The van der Waals surface area contributed by atoms with Gasteiger partial charge >= 0.3 is 0 Å². The Kier molecular flexibility index (Phi) is 6.42. The lowest BCUT2D eigenvalue weighted by Crippen LogP contribution is -2.38. The average molecular weight is 450 g/mol. The molecule has 0 spiro atoms. The van der Waals surface area contributed by atoms with Crippen LogP contribution in [0, 0.1) is 6.92 Å². The van der Waals surface area contributed by atoms with Crippen molar-refractivity contribution in [2.24, 2.45) is 0 Å². The smallest absolute Gasteiger partial charge is 0.264 e. The van der Waals surface area contributed by atoms with Crippen LogP contribution >= 0.6 is 23.2 Å². The second-order valence-electron chi connectivity index (χ2n) is 6.21. The summed E-state index contributed by atoms with van der Waals surface area (Å²) in [6.07, 6.45) is 3.03. The van der Waals surface area contributed by atoms with Crippen LogP contribution in [-0.4, -0.2) is 25.9 Å². The molecule has 0 aliphatic rings. The zero-order valence-electron chi connectivity index (χ0n) is 15.3. The number of sulfonamides is 1. The van der Waals surface area contributed by atoms with Crippen LogP contribution in [0.15, 0.2) is 71.9 Å². The van der Waals surface area contributed by atoms with Gasteiger partial charge in [0.15, 0.2) is 0 Å². The molecule has 1 amide bonds. The lowest BCUT2D eigenvalue weighted by atomic mass is 10.2. The van der Waals surface area contributed by atoms with Gasteiger partial charge in [-0.2, -0.15) is 0 Å². The highest BCUT2D eigenvalue weighted by Crippen LogP contribution is 2.33. The number of pyridine rings is 1. The summed E-state index contributed by atoms with van der Waals surface area (Å²) in [4.78, 5) is 16.6. The number of benzene rings is 2. The number of nitrogens with one attached hydrogen (secondary N) is 1. The van der Waals surface area contributed by atoms with Crippen molar-refractivity contribution < 1.29 is 13.2 Å². The number of carbonyl (C=O) groups excluding carboxylic acids is 1. The molecule has 1 aromatic heterocycles. The molecule has 2 aromatic carbocycles. The van der Waals surface area contributed by atoms with E-state index in [0.29, 0.717) is 10.7 Å². The predicted molar refractivity (Wildman–Crippen MR) is 115 cm³/mol. The molecule has 3 aromatic rings. The number of hydrogen-bond acceptors (Lipinski definition) is 4. The number of carbonyl (C=O) groups is 1. The monoisotopic (exact) mass is 449 g/mol. The van der Waals surface area contributed by atoms with Crippen LogP contribution in [-0.2, 0) is 14.8 Å². The van der Waals surface area contributed by atoms with Crippen molar-refractivity contribution in [3.8, 4) is 0 Å². The van der Waals surface area contributed by atoms with Crippen molar-refractivity contribution in [1.29, 1.82) is 0 Å². The highest BCUT2D eigenvalue weighted by Gasteiger charge is 2.29. The number of aromatic nitrogens is 1. The molecule has 1 N–H and O–H groups in total. The molecular formula is C20H17Cl2N3O3S. The van der Waals surface area contributed by atoms with Gasteiger partial charge in [-0.25, -0.2) is 8.42 Å². The first kappa shape index (κ1) is 21.1. The number of hydrogen-bond donors (Lipinski definition) is 1. The molecule has 150 valence electrons. The normalized spacial score (nSPS) is 11.1. The number of nitrogens with zero attached hydrogens (tertiary/aromatic N) is 2. The molecule has 9 heteroatoms. The maximum atomic E-state index is 13.3. The van der Waals surface area contributed by atoms with E-state index in [-0.39, 0.29) is 15.6 Å². The van der Waals surface area contributed by atoms with E-state index in [1.165, 1.54) is 30.5 Å². The quantitative estimate of drug-likeness (QED) is 0.599. The summed E-state index contributed by atoms with van der Waals surface area (Å²) in [5, 5.41) is 3.07. The first-order valence-corrected chi connectivity index (χ1v) is 10.7. The van der Waals surface area contributed by atoms with E-state index in [1.54, 1.807) is 36.5 Å². The lowest BCUT2D eigenvalue weighted by Gasteiger charge is -2.25. The van der Waals surface area contributed by atoms with Crippen LogP contribution < -0.4 is 9.62 Å². The van der Waals surface area contributed by atoms with Gasteiger partial charge in [-0.3, -0.25) is 14.1 Å². The Morgan fingerprint density at radius 2 is 1.83 bits per heavy atom. The fourth-order valence-corrected chi connectivity index (χ4v) is 4.45. The maximum absolute atomic E-state index is 13.3. The van der Waals surface area contributed by atoms with Crippen molar-refractivity contribution in [1.82, 2.24) is 4.98 Å². The van der Waals surface area contributed by atoms with E-state index < -0.39 is 22.5 Å². The second-order valence-corrected chi connectivity index (χ2v) is 8.92. The van der Waals surface area contributed by atoms with Crippen LogP contribution in [0.3, 0.4) is 0 Å². The molecular weight excluding hydrogens is 433 g/mol. The van der Waals surface area contributed by atoms with E-state index in [1.807, 2.05) is 6.92 Å². The molecule has 0 fully saturated rings. The molecule has 0 radical (unpaired) electrons. The van der Waals surface area contributed by atoms with Gasteiger partial charge in [-0.15, -0.1) is 0 Å². The van der Waals surface area contributed by atoms with Crippen LogP contribution in [0.5, 0.6) is 0 Å². The summed E-state index contributed by atoms with van der Waals surface area (Å²) < 4.78 is 27.6. The van der Waals surface area contributed by atoms with Gasteiger partial charge in [0, 0.05) is 11.2 Å². The number of anilines is 2. The molecule has 0 saturated heterocycles. The number of aryl methyl sites for hydroxylation is 1. The molecule has 0 aliphatic heterocycles. The molecule has 3 rings (SSSR count). The van der Waals surface area contributed by atoms with Crippen LogP contribution in [0.2, 0.25) is 10.0 Å². The van der Waals surface area contributed by atoms with Crippen molar-refractivity contribution in [2.75, 3.05) is 16.2 Å². The van der Waals surface area contributed by atoms with Crippen molar-refractivity contribution >= 4 is 50.5 Å². The van der Waals surface area contributed by atoms with Crippen molar-refractivity contribution in [3.63, 3.8) is 0 Å². The summed E-state index contributed by atoms with van der Waals surface area (Å²) >= 11 is 12.3. The standard InChI is InChI=1S/C20H17Cl2N3O3S/c1-14-4-7-17(8-5-14)29(27,28)25(19-11-15(21)6-9-18(19)22)13-20(26)24-16-3-2-10-23-12-16/h2-12H,13H2,1H3,(H,24,26). The first-order valence-electron chi connectivity index (χ1n) is 8.52. The Hall–Kier alpha value is -2.61. The second kappa shape index (κ2) is 8.82. The third kappa shape index (κ3) is 5.06. The topological polar surface area (TPSA) is 79.4 Å². The SMILES string of the molecule is Cc1ccc(S(=O)(=O)N(CC(=O)Nc2cccnc2)c2cc(Cl)ccc2Cl)cc1. The van der Waals surface area contributed by atoms with E-state index in [4.69, 9.17) is 23.2 Å². The van der Waals surface area contributed by atoms with E-state index >= 15 is 0 Å². The van der Waals surface area contributed by atoms with Crippen LogP contribution in [0.1, 0.15) is 5.56 Å².